The van der Waals surface area contributed by atoms with Gasteiger partial charge in [-0.15, -0.1) is 0 Å². The highest BCUT2D eigenvalue weighted by atomic mass is 16.7. The summed E-state index contributed by atoms with van der Waals surface area (Å²) in [6.45, 7) is 0. The summed E-state index contributed by atoms with van der Waals surface area (Å²) in [5, 5.41) is 0. The highest BCUT2D eigenvalue weighted by Gasteiger charge is 2.21. The van der Waals surface area contributed by atoms with Gasteiger partial charge in [0.15, 0.2) is 0 Å². The lowest BCUT2D eigenvalue weighted by Crippen LogP contribution is -2.22. The maximum absolute atomic E-state index is 11.3. The van der Waals surface area contributed by atoms with Crippen molar-refractivity contribution in [3.05, 3.63) is 35.9 Å². The number of carbonyl (C=O) groups is 1. The molecular formula is C10H13NO3. The molecule has 0 heterocycles. The van der Waals surface area contributed by atoms with Crippen molar-refractivity contribution in [2.75, 3.05) is 14.2 Å². The zero-order chi connectivity index (χ0) is 10.4. The van der Waals surface area contributed by atoms with Gasteiger partial charge in [-0.05, 0) is 5.56 Å². The molecule has 4 nitrogen and oxygen atoms in total. The van der Waals surface area contributed by atoms with E-state index < -0.39 is 12.1 Å². The van der Waals surface area contributed by atoms with E-state index in [-0.39, 0.29) is 0 Å². The SMILES string of the molecule is CNOC(C(=O)OC)c1ccccc1. The molecule has 1 atom stereocenters. The Morgan fingerprint density at radius 2 is 2.00 bits per heavy atom. The summed E-state index contributed by atoms with van der Waals surface area (Å²) in [6.07, 6.45) is -0.716. The van der Waals surface area contributed by atoms with Crippen LogP contribution >= 0.6 is 0 Å². The van der Waals surface area contributed by atoms with Crippen LogP contribution in [0, 0.1) is 0 Å². The summed E-state index contributed by atoms with van der Waals surface area (Å²) in [4.78, 5) is 16.4. The summed E-state index contributed by atoms with van der Waals surface area (Å²) in [6, 6.07) is 9.16. The average Bonchev–Trinajstić information content (AvgIpc) is 2.26. The van der Waals surface area contributed by atoms with Crippen LogP contribution < -0.4 is 5.48 Å². The predicted molar refractivity (Wildman–Crippen MR) is 51.3 cm³/mol. The smallest absolute Gasteiger partial charge is 0.341 e. The van der Waals surface area contributed by atoms with Gasteiger partial charge in [0.25, 0.3) is 0 Å². The standard InChI is InChI=1S/C10H13NO3/c1-11-14-9(10(12)13-2)8-6-4-3-5-7-8/h3-7,9,11H,1-2H3. The van der Waals surface area contributed by atoms with Gasteiger partial charge in [-0.25, -0.2) is 10.3 Å². The van der Waals surface area contributed by atoms with Crippen molar-refractivity contribution in [2.24, 2.45) is 0 Å². The van der Waals surface area contributed by atoms with Crippen molar-refractivity contribution in [3.63, 3.8) is 0 Å². The molecule has 0 radical (unpaired) electrons. The molecule has 1 rings (SSSR count). The summed E-state index contributed by atoms with van der Waals surface area (Å²) >= 11 is 0. The molecule has 0 aliphatic carbocycles. The minimum absolute atomic E-state index is 0.425. The van der Waals surface area contributed by atoms with Crippen molar-refractivity contribution in [3.8, 4) is 0 Å². The number of esters is 1. The Morgan fingerprint density at radius 1 is 1.36 bits per heavy atom. The highest BCUT2D eigenvalue weighted by Crippen LogP contribution is 2.16. The minimum Gasteiger partial charge on any atom is -0.467 e. The second-order valence-electron chi connectivity index (χ2n) is 2.64. The van der Waals surface area contributed by atoms with Crippen LogP contribution in [0.3, 0.4) is 0 Å². The first-order chi connectivity index (χ1) is 6.79. The molecule has 0 aliphatic rings. The second kappa shape index (κ2) is 5.36. The molecule has 0 saturated heterocycles. The van der Waals surface area contributed by atoms with Crippen LogP contribution in [-0.2, 0) is 14.4 Å². The second-order valence-corrected chi connectivity index (χ2v) is 2.64. The van der Waals surface area contributed by atoms with Gasteiger partial charge in [-0.3, -0.25) is 4.84 Å². The minimum atomic E-state index is -0.716. The molecule has 0 aromatic heterocycles. The van der Waals surface area contributed by atoms with Crippen LogP contribution in [-0.4, -0.2) is 20.1 Å². The summed E-state index contributed by atoms with van der Waals surface area (Å²) in [5.41, 5.74) is 3.24. The molecule has 0 spiro atoms. The normalized spacial score (nSPS) is 12.1. The number of nitrogens with one attached hydrogen (secondary N) is 1. The molecule has 76 valence electrons. The number of hydrogen-bond donors (Lipinski definition) is 1. The number of ether oxygens (including phenoxy) is 1. The van der Waals surface area contributed by atoms with E-state index in [0.29, 0.717) is 0 Å². The first-order valence-corrected chi connectivity index (χ1v) is 4.24. The third-order valence-corrected chi connectivity index (χ3v) is 1.75. The van der Waals surface area contributed by atoms with Crippen LogP contribution in [0.2, 0.25) is 0 Å². The fourth-order valence-electron chi connectivity index (χ4n) is 1.10. The molecule has 0 fully saturated rings. The molecule has 1 unspecified atom stereocenters. The maximum atomic E-state index is 11.3. The fourth-order valence-corrected chi connectivity index (χ4v) is 1.10. The molecule has 4 heteroatoms. The Kier molecular flexibility index (Phi) is 4.10. The van der Waals surface area contributed by atoms with Gasteiger partial charge in [0.05, 0.1) is 7.11 Å². The largest absolute Gasteiger partial charge is 0.467 e. The highest BCUT2D eigenvalue weighted by molar-refractivity contribution is 5.76. The predicted octanol–water partition coefficient (Wildman–Crippen LogP) is 1.05. The van der Waals surface area contributed by atoms with E-state index >= 15 is 0 Å². The van der Waals surface area contributed by atoms with E-state index in [0.717, 1.165) is 5.56 Å². The summed E-state index contributed by atoms with van der Waals surface area (Å²) in [7, 11) is 2.93. The number of benzene rings is 1. The quantitative estimate of drug-likeness (QED) is 0.576. The third-order valence-electron chi connectivity index (χ3n) is 1.75. The topological polar surface area (TPSA) is 47.6 Å². The molecule has 0 amide bonds. The molecule has 14 heavy (non-hydrogen) atoms. The van der Waals surface area contributed by atoms with Crippen molar-refractivity contribution in [2.45, 2.75) is 6.10 Å². The number of methoxy groups -OCH3 is 1. The van der Waals surface area contributed by atoms with E-state index in [1.54, 1.807) is 19.2 Å². The lowest BCUT2D eigenvalue weighted by Gasteiger charge is -2.14. The summed E-state index contributed by atoms with van der Waals surface area (Å²) < 4.78 is 4.62. The van der Waals surface area contributed by atoms with E-state index in [1.807, 2.05) is 18.2 Å². The van der Waals surface area contributed by atoms with Crippen LogP contribution in [0.15, 0.2) is 30.3 Å². The Bertz CT molecular complexity index is 287. The van der Waals surface area contributed by atoms with Gasteiger partial charge in [0, 0.05) is 7.05 Å². The fraction of sp³-hybridized carbons (Fsp3) is 0.300. The van der Waals surface area contributed by atoms with Gasteiger partial charge in [0.1, 0.15) is 0 Å². The van der Waals surface area contributed by atoms with E-state index in [4.69, 9.17) is 4.84 Å². The lowest BCUT2D eigenvalue weighted by atomic mass is 10.1. The Labute approximate surface area is 82.8 Å². The zero-order valence-electron chi connectivity index (χ0n) is 8.19. The first kappa shape index (κ1) is 10.7. The first-order valence-electron chi connectivity index (χ1n) is 4.24. The van der Waals surface area contributed by atoms with Gasteiger partial charge in [0.2, 0.25) is 6.10 Å². The van der Waals surface area contributed by atoms with Gasteiger partial charge < -0.3 is 4.74 Å². The molecule has 0 saturated carbocycles. The summed E-state index contributed by atoms with van der Waals surface area (Å²) in [5.74, 6) is -0.425. The van der Waals surface area contributed by atoms with E-state index in [2.05, 4.69) is 10.2 Å². The maximum Gasteiger partial charge on any atom is 0.341 e. The Balaban J connectivity index is 2.83. The number of rotatable bonds is 4. The molecule has 0 aliphatic heterocycles. The van der Waals surface area contributed by atoms with Crippen molar-refractivity contribution in [1.82, 2.24) is 5.48 Å². The molecule has 1 N–H and O–H groups in total. The third kappa shape index (κ3) is 2.55. The van der Waals surface area contributed by atoms with Crippen LogP contribution in [0.25, 0.3) is 0 Å². The Morgan fingerprint density at radius 3 is 2.50 bits per heavy atom. The molecule has 1 aromatic carbocycles. The average molecular weight is 195 g/mol. The number of hydroxylamine groups is 1. The molecule has 1 aromatic rings. The van der Waals surface area contributed by atoms with Crippen molar-refractivity contribution < 1.29 is 14.4 Å². The Hall–Kier alpha value is -1.39. The number of carbonyl (C=O) groups excluding carboxylic acids is 1. The van der Waals surface area contributed by atoms with E-state index in [9.17, 15) is 4.79 Å². The van der Waals surface area contributed by atoms with Gasteiger partial charge in [-0.2, -0.15) is 0 Å². The van der Waals surface area contributed by atoms with E-state index in [1.165, 1.54) is 7.11 Å². The molecular weight excluding hydrogens is 182 g/mol. The molecule has 0 bridgehead atoms. The zero-order valence-corrected chi connectivity index (χ0v) is 8.19. The van der Waals surface area contributed by atoms with Crippen molar-refractivity contribution >= 4 is 5.97 Å². The number of hydrogen-bond acceptors (Lipinski definition) is 4. The van der Waals surface area contributed by atoms with Crippen molar-refractivity contribution in [1.29, 1.82) is 0 Å². The van der Waals surface area contributed by atoms with Gasteiger partial charge >= 0.3 is 5.97 Å². The van der Waals surface area contributed by atoms with Gasteiger partial charge in [-0.1, -0.05) is 30.3 Å². The van der Waals surface area contributed by atoms with Crippen LogP contribution in [0.4, 0.5) is 0 Å². The lowest BCUT2D eigenvalue weighted by molar-refractivity contribution is -0.159. The van der Waals surface area contributed by atoms with Crippen LogP contribution in [0.5, 0.6) is 0 Å². The monoisotopic (exact) mass is 195 g/mol. The van der Waals surface area contributed by atoms with Crippen LogP contribution in [0.1, 0.15) is 11.7 Å².